The van der Waals surface area contributed by atoms with Crippen molar-refractivity contribution in [2.45, 2.75) is 5.41 Å². The average molecular weight is 772 g/mol. The molecular weight excluding hydrogens is 735 g/mol. The van der Waals surface area contributed by atoms with Crippen molar-refractivity contribution in [1.29, 1.82) is 0 Å². The second-order valence-corrected chi connectivity index (χ2v) is 17.4. The van der Waals surface area contributed by atoms with E-state index in [1.165, 1.54) is 60.6 Å². The molecule has 10 aromatic rings. The number of anilines is 3. The zero-order chi connectivity index (χ0) is 38.9. The first-order valence-electron chi connectivity index (χ1n) is 20.3. The van der Waals surface area contributed by atoms with Crippen LogP contribution < -0.4 is 20.0 Å². The molecule has 0 amide bonds. The zero-order valence-electron chi connectivity index (χ0n) is 32.2. The number of furan rings is 1. The minimum absolute atomic E-state index is 0.561. The van der Waals surface area contributed by atoms with Crippen LogP contribution in [0.25, 0.3) is 44.2 Å². The first-order valence-corrected chi connectivity index (χ1v) is 21.7. The van der Waals surface area contributed by atoms with Crippen LogP contribution in [0.1, 0.15) is 22.3 Å². The minimum Gasteiger partial charge on any atom is -0.457 e. The smallest absolute Gasteiger partial charge is 0.137 e. The van der Waals surface area contributed by atoms with Crippen molar-refractivity contribution in [2.75, 3.05) is 4.90 Å². The van der Waals surface area contributed by atoms with Gasteiger partial charge in [0.1, 0.15) is 22.7 Å². The van der Waals surface area contributed by atoms with Gasteiger partial charge in [-0.15, -0.1) is 0 Å². The van der Waals surface area contributed by atoms with Gasteiger partial charge in [0.25, 0.3) is 0 Å². The maximum Gasteiger partial charge on any atom is 0.137 e. The molecular formula is C55H37NO2Si. The highest BCUT2D eigenvalue weighted by Gasteiger charge is 2.49. The maximum absolute atomic E-state index is 6.70. The normalized spacial score (nSPS) is 13.7. The fourth-order valence-electron chi connectivity index (χ4n) is 9.91. The summed E-state index contributed by atoms with van der Waals surface area (Å²) in [5, 5.41) is 5.08. The van der Waals surface area contributed by atoms with E-state index in [9.17, 15) is 0 Å². The van der Waals surface area contributed by atoms with Crippen molar-refractivity contribution in [3.8, 4) is 33.8 Å². The van der Waals surface area contributed by atoms with Crippen LogP contribution in [0.5, 0.6) is 11.5 Å². The van der Waals surface area contributed by atoms with Gasteiger partial charge in [0.2, 0.25) is 0 Å². The van der Waals surface area contributed by atoms with Crippen molar-refractivity contribution < 1.29 is 9.15 Å². The van der Waals surface area contributed by atoms with Crippen LogP contribution in [0, 0.1) is 0 Å². The van der Waals surface area contributed by atoms with Gasteiger partial charge in [-0.05, 0) is 87.1 Å². The molecule has 0 aliphatic carbocycles. The van der Waals surface area contributed by atoms with Gasteiger partial charge in [-0.3, -0.25) is 0 Å². The Kier molecular flexibility index (Phi) is 7.62. The minimum atomic E-state index is -1.01. The third-order valence-electron chi connectivity index (χ3n) is 12.5. The summed E-state index contributed by atoms with van der Waals surface area (Å²) >= 11 is 0. The van der Waals surface area contributed by atoms with Crippen LogP contribution in [0.4, 0.5) is 17.1 Å². The third kappa shape index (κ3) is 5.13. The topological polar surface area (TPSA) is 25.6 Å². The third-order valence-corrected chi connectivity index (χ3v) is 14.6. The Bertz CT molecular complexity index is 3160. The highest BCUT2D eigenvalue weighted by Crippen LogP contribution is 2.56. The van der Waals surface area contributed by atoms with E-state index in [4.69, 9.17) is 9.15 Å². The molecule has 0 atom stereocenters. The first kappa shape index (κ1) is 33.7. The number of para-hydroxylation sites is 3. The summed E-state index contributed by atoms with van der Waals surface area (Å²) in [6.07, 6.45) is 0. The number of ether oxygens (including phenoxy) is 1. The summed E-state index contributed by atoms with van der Waals surface area (Å²) in [7, 11) is -1.01. The fourth-order valence-corrected chi connectivity index (χ4v) is 12.1. The lowest BCUT2D eigenvalue weighted by atomic mass is 9.63. The number of rotatable bonds is 5. The van der Waals surface area contributed by atoms with E-state index in [0.29, 0.717) is 0 Å². The summed E-state index contributed by atoms with van der Waals surface area (Å²) in [6.45, 7) is 0. The molecule has 0 radical (unpaired) electrons. The fraction of sp³-hybridized carbons (Fsp3) is 0.0182. The molecule has 0 saturated carbocycles. The lowest BCUT2D eigenvalue weighted by molar-refractivity contribution is 0.435. The van der Waals surface area contributed by atoms with Crippen molar-refractivity contribution in [3.05, 3.63) is 235 Å². The Morgan fingerprint density at radius 2 is 0.915 bits per heavy atom. The molecule has 0 saturated heterocycles. The largest absolute Gasteiger partial charge is 0.457 e. The van der Waals surface area contributed by atoms with Gasteiger partial charge in [-0.25, -0.2) is 0 Å². The number of nitrogens with zero attached hydrogens (tertiary/aromatic N) is 1. The Labute approximate surface area is 345 Å². The number of fused-ring (bicyclic) bond motifs is 11. The van der Waals surface area contributed by atoms with E-state index in [0.717, 1.165) is 44.8 Å². The van der Waals surface area contributed by atoms with Crippen molar-refractivity contribution in [2.24, 2.45) is 0 Å². The molecule has 0 unspecified atom stereocenters. The summed E-state index contributed by atoms with van der Waals surface area (Å²) < 4.78 is 13.2. The molecule has 2 aliphatic rings. The molecule has 4 heteroatoms. The molecule has 9 aromatic carbocycles. The van der Waals surface area contributed by atoms with E-state index in [-0.39, 0.29) is 0 Å². The molecule has 0 fully saturated rings. The molecule has 12 rings (SSSR count). The second kappa shape index (κ2) is 13.3. The molecule has 278 valence electrons. The van der Waals surface area contributed by atoms with E-state index in [1.54, 1.807) is 0 Å². The molecule has 3 nitrogen and oxygen atoms in total. The second-order valence-electron chi connectivity index (χ2n) is 15.6. The molecule has 2 aliphatic heterocycles. The highest BCUT2D eigenvalue weighted by atomic mass is 28.2. The summed E-state index contributed by atoms with van der Waals surface area (Å²) in [6, 6.07) is 76.9. The van der Waals surface area contributed by atoms with Crippen molar-refractivity contribution >= 4 is 58.9 Å². The Hall–Kier alpha value is -7.40. The molecule has 1 spiro atoms. The lowest BCUT2D eigenvalue weighted by Gasteiger charge is -2.46. The van der Waals surface area contributed by atoms with Crippen LogP contribution in [0.3, 0.4) is 0 Å². The Morgan fingerprint density at radius 1 is 0.390 bits per heavy atom. The maximum atomic E-state index is 6.70. The zero-order valence-corrected chi connectivity index (χ0v) is 33.6. The Balaban J connectivity index is 1.10. The van der Waals surface area contributed by atoms with Gasteiger partial charge in [0.05, 0.1) is 26.0 Å². The van der Waals surface area contributed by atoms with Crippen LogP contribution in [0.15, 0.2) is 217 Å². The predicted molar refractivity (Wildman–Crippen MR) is 245 cm³/mol. The van der Waals surface area contributed by atoms with Gasteiger partial charge < -0.3 is 14.1 Å². The standard InChI is InChI=1S/C55H37NO2Si/c1-2-14-36(15-3-1)37-28-30-38(31-29-37)39-32-34-40(35-33-39)56(46-21-13-26-51-53(46)41-16-4-8-23-48(41)57-51)47-22-12-20-45-54(47)59-52-27-11-7-19-44(52)55(45)42-17-5-9-24-49(42)58-50-25-10-6-18-43(50)55/h1-35H,59H2. The summed E-state index contributed by atoms with van der Waals surface area (Å²) in [4.78, 5) is 2.50. The quantitative estimate of drug-likeness (QED) is 0.163. The molecule has 1 aromatic heterocycles. The SMILES string of the molecule is c1ccc(-c2ccc(-c3ccc(N(c4cccc5c4[SiH2]c4ccccc4C54c5ccccc5Oc5ccccc54)c4cccc5oc6ccccc6c45)cc3)cc2)cc1. The average Bonchev–Trinajstić information content (AvgIpc) is 3.69. The molecule has 3 heterocycles. The lowest BCUT2D eigenvalue weighted by Crippen LogP contribution is -2.51. The number of hydrogen-bond acceptors (Lipinski definition) is 3. The van der Waals surface area contributed by atoms with E-state index < -0.39 is 14.9 Å². The van der Waals surface area contributed by atoms with Gasteiger partial charge in [0.15, 0.2) is 0 Å². The highest BCUT2D eigenvalue weighted by molar-refractivity contribution is 6.71. The molecule has 59 heavy (non-hydrogen) atoms. The van der Waals surface area contributed by atoms with Gasteiger partial charge in [0, 0.05) is 27.9 Å². The van der Waals surface area contributed by atoms with Crippen LogP contribution >= 0.6 is 0 Å². The number of hydrogen-bond donors (Lipinski definition) is 0. The van der Waals surface area contributed by atoms with Gasteiger partial charge in [-0.2, -0.15) is 0 Å². The van der Waals surface area contributed by atoms with Crippen LogP contribution in [-0.2, 0) is 5.41 Å². The molecule has 0 bridgehead atoms. The first-order chi connectivity index (χ1) is 29.3. The van der Waals surface area contributed by atoms with Crippen molar-refractivity contribution in [3.63, 3.8) is 0 Å². The Morgan fingerprint density at radius 3 is 1.64 bits per heavy atom. The van der Waals surface area contributed by atoms with Crippen LogP contribution in [0.2, 0.25) is 0 Å². The van der Waals surface area contributed by atoms with Gasteiger partial charge >= 0.3 is 0 Å². The van der Waals surface area contributed by atoms with Crippen LogP contribution in [-0.4, -0.2) is 9.52 Å². The van der Waals surface area contributed by atoms with E-state index in [1.807, 2.05) is 6.07 Å². The van der Waals surface area contributed by atoms with E-state index >= 15 is 0 Å². The number of benzene rings is 9. The summed E-state index contributed by atoms with van der Waals surface area (Å²) in [5.74, 6) is 1.81. The summed E-state index contributed by atoms with van der Waals surface area (Å²) in [5.41, 5.74) is 14.4. The monoisotopic (exact) mass is 771 g/mol. The van der Waals surface area contributed by atoms with Gasteiger partial charge in [-0.1, -0.05) is 169 Å². The van der Waals surface area contributed by atoms with E-state index in [2.05, 4.69) is 211 Å². The van der Waals surface area contributed by atoms with Crippen molar-refractivity contribution in [1.82, 2.24) is 0 Å². The molecule has 0 N–H and O–H groups in total. The predicted octanol–water partition coefficient (Wildman–Crippen LogP) is 12.3.